The molecule has 1 saturated heterocycles. The van der Waals surface area contributed by atoms with Crippen LogP contribution in [0, 0.1) is 0 Å². The summed E-state index contributed by atoms with van der Waals surface area (Å²) in [6.07, 6.45) is 8.68. The topological polar surface area (TPSA) is 17.0 Å². The number of aromatic nitrogens is 1. The van der Waals surface area contributed by atoms with Crippen LogP contribution < -0.4 is 5.32 Å². The van der Waals surface area contributed by atoms with Crippen molar-refractivity contribution in [2.75, 3.05) is 13.1 Å². The quantitative estimate of drug-likeness (QED) is 0.785. The average molecular weight is 306 g/mol. The molecule has 3 rings (SSSR count). The molecule has 2 heteroatoms. The minimum atomic E-state index is 0.666. The van der Waals surface area contributed by atoms with Gasteiger partial charge in [0.25, 0.3) is 0 Å². The first kappa shape index (κ1) is 15.8. The van der Waals surface area contributed by atoms with E-state index in [2.05, 4.69) is 60.4 Å². The zero-order valence-corrected chi connectivity index (χ0v) is 14.0. The highest BCUT2D eigenvalue weighted by molar-refractivity contribution is 5.84. The lowest BCUT2D eigenvalue weighted by Crippen LogP contribution is -2.26. The summed E-state index contributed by atoms with van der Waals surface area (Å²) < 4.78 is 2.37. The van der Waals surface area contributed by atoms with E-state index in [1.807, 2.05) is 12.2 Å². The fraction of sp³-hybridized carbons (Fsp3) is 0.333. The van der Waals surface area contributed by atoms with Crippen molar-refractivity contribution in [1.29, 1.82) is 0 Å². The normalized spacial score (nSPS) is 17.1. The summed E-state index contributed by atoms with van der Waals surface area (Å²) in [5.41, 5.74) is 5.25. The summed E-state index contributed by atoms with van der Waals surface area (Å²) in [7, 11) is 0. The van der Waals surface area contributed by atoms with Gasteiger partial charge in [-0.2, -0.15) is 0 Å². The van der Waals surface area contributed by atoms with Crippen LogP contribution in [-0.4, -0.2) is 17.7 Å². The van der Waals surface area contributed by atoms with Crippen LogP contribution in [0.3, 0.4) is 0 Å². The second-order valence-corrected chi connectivity index (χ2v) is 6.37. The van der Waals surface area contributed by atoms with Gasteiger partial charge in [-0.15, -0.1) is 0 Å². The molecule has 0 unspecified atom stereocenters. The van der Waals surface area contributed by atoms with Gasteiger partial charge in [0.1, 0.15) is 0 Å². The Morgan fingerprint density at radius 3 is 2.65 bits per heavy atom. The van der Waals surface area contributed by atoms with Gasteiger partial charge in [-0.25, -0.2) is 0 Å². The summed E-state index contributed by atoms with van der Waals surface area (Å²) in [6.45, 7) is 13.1. The second kappa shape index (κ2) is 7.01. The molecule has 2 heterocycles. The second-order valence-electron chi connectivity index (χ2n) is 6.37. The molecular formula is C21H26N2. The van der Waals surface area contributed by atoms with Gasteiger partial charge in [0.15, 0.2) is 0 Å². The van der Waals surface area contributed by atoms with Gasteiger partial charge in [-0.3, -0.25) is 0 Å². The Labute approximate surface area is 139 Å². The van der Waals surface area contributed by atoms with E-state index in [-0.39, 0.29) is 0 Å². The van der Waals surface area contributed by atoms with E-state index >= 15 is 0 Å². The highest BCUT2D eigenvalue weighted by Crippen LogP contribution is 2.33. The maximum absolute atomic E-state index is 3.98. The van der Waals surface area contributed by atoms with Crippen LogP contribution in [0.2, 0.25) is 0 Å². The molecular weight excluding hydrogens is 280 g/mol. The van der Waals surface area contributed by atoms with Crippen LogP contribution in [0.25, 0.3) is 10.9 Å². The molecule has 2 aromatic rings. The Morgan fingerprint density at radius 2 is 1.96 bits per heavy atom. The summed E-state index contributed by atoms with van der Waals surface area (Å²) in [5, 5.41) is 4.87. The Kier molecular flexibility index (Phi) is 4.82. The molecule has 1 aliphatic rings. The van der Waals surface area contributed by atoms with E-state index in [1.165, 1.54) is 40.5 Å². The molecule has 0 aliphatic carbocycles. The van der Waals surface area contributed by atoms with Crippen LogP contribution in [-0.2, 0) is 6.54 Å². The summed E-state index contributed by atoms with van der Waals surface area (Å²) in [6, 6.07) is 8.77. The number of piperidine rings is 1. The lowest BCUT2D eigenvalue weighted by Gasteiger charge is -2.22. The van der Waals surface area contributed by atoms with Gasteiger partial charge in [0.2, 0.25) is 0 Å². The van der Waals surface area contributed by atoms with Crippen molar-refractivity contribution < 1.29 is 0 Å². The van der Waals surface area contributed by atoms with E-state index in [0.717, 1.165) is 19.6 Å². The Hall–Kier alpha value is -2.06. The lowest BCUT2D eigenvalue weighted by molar-refractivity contribution is 0.461. The first-order valence-electron chi connectivity index (χ1n) is 8.47. The number of fused-ring (bicyclic) bond motifs is 1. The van der Waals surface area contributed by atoms with Gasteiger partial charge in [0, 0.05) is 23.6 Å². The fourth-order valence-electron chi connectivity index (χ4n) is 3.53. The maximum atomic E-state index is 3.98. The summed E-state index contributed by atoms with van der Waals surface area (Å²) in [5.74, 6) is 0.666. The predicted octanol–water partition coefficient (Wildman–Crippen LogP) is 4.80. The third-order valence-electron chi connectivity index (χ3n) is 5.00. The van der Waals surface area contributed by atoms with Crippen LogP contribution in [0.1, 0.15) is 31.2 Å². The van der Waals surface area contributed by atoms with Crippen molar-refractivity contribution in [3.8, 4) is 0 Å². The van der Waals surface area contributed by atoms with Crippen LogP contribution in [0.5, 0.6) is 0 Å². The van der Waals surface area contributed by atoms with Crippen LogP contribution in [0.4, 0.5) is 0 Å². The molecule has 0 radical (unpaired) electrons. The number of hydrogen-bond donors (Lipinski definition) is 1. The van der Waals surface area contributed by atoms with E-state index in [9.17, 15) is 0 Å². The molecule has 0 amide bonds. The summed E-state index contributed by atoms with van der Waals surface area (Å²) in [4.78, 5) is 0. The summed E-state index contributed by atoms with van der Waals surface area (Å²) >= 11 is 0. The van der Waals surface area contributed by atoms with E-state index in [4.69, 9.17) is 0 Å². The van der Waals surface area contributed by atoms with Gasteiger partial charge in [-0.1, -0.05) is 43.5 Å². The van der Waals surface area contributed by atoms with Crippen LogP contribution in [0.15, 0.2) is 66.9 Å². The predicted molar refractivity (Wildman–Crippen MR) is 99.9 cm³/mol. The third-order valence-corrected chi connectivity index (χ3v) is 5.00. The molecule has 1 aromatic carbocycles. The standard InChI is InChI=1S/C21H26N2/c1-4-16(3)17(5-2)14-23-15-20(18-10-12-22-13-11-18)19-8-6-7-9-21(19)23/h4-9,15,18,22H,1-2,10-14H2,3H3/b17-16+. The monoisotopic (exact) mass is 306 g/mol. The average Bonchev–Trinajstić information content (AvgIpc) is 2.98. The SMILES string of the molecule is C=C/C(C)=C(\C=C)Cn1cc(C2CCNCC2)c2ccccc21. The Morgan fingerprint density at radius 1 is 1.22 bits per heavy atom. The minimum absolute atomic E-state index is 0.666. The highest BCUT2D eigenvalue weighted by atomic mass is 15.0. The Bertz CT molecular complexity index is 742. The number of nitrogens with zero attached hydrogens (tertiary/aromatic N) is 1. The molecule has 0 spiro atoms. The first-order chi connectivity index (χ1) is 11.2. The number of para-hydroxylation sites is 1. The Balaban J connectivity index is 2.04. The fourth-order valence-corrected chi connectivity index (χ4v) is 3.53. The van der Waals surface area contributed by atoms with E-state index < -0.39 is 0 Å². The van der Waals surface area contributed by atoms with Crippen LogP contribution >= 0.6 is 0 Å². The maximum Gasteiger partial charge on any atom is 0.0486 e. The van der Waals surface area contributed by atoms with Crippen molar-refractivity contribution in [3.05, 3.63) is 72.5 Å². The number of hydrogen-bond acceptors (Lipinski definition) is 1. The van der Waals surface area contributed by atoms with E-state index in [1.54, 1.807) is 0 Å². The molecule has 120 valence electrons. The zero-order chi connectivity index (χ0) is 16.2. The third kappa shape index (κ3) is 3.18. The number of benzene rings is 1. The van der Waals surface area contributed by atoms with Crippen molar-refractivity contribution in [2.24, 2.45) is 0 Å². The van der Waals surface area contributed by atoms with Crippen molar-refractivity contribution >= 4 is 10.9 Å². The van der Waals surface area contributed by atoms with Gasteiger partial charge in [-0.05, 0) is 61.5 Å². The molecule has 0 bridgehead atoms. The van der Waals surface area contributed by atoms with Crippen molar-refractivity contribution in [1.82, 2.24) is 9.88 Å². The number of nitrogens with one attached hydrogen (secondary N) is 1. The molecule has 1 fully saturated rings. The number of allylic oxidation sites excluding steroid dienone is 4. The molecule has 23 heavy (non-hydrogen) atoms. The molecule has 2 nitrogen and oxygen atoms in total. The highest BCUT2D eigenvalue weighted by Gasteiger charge is 2.20. The molecule has 0 atom stereocenters. The van der Waals surface area contributed by atoms with Gasteiger partial charge in [0.05, 0.1) is 0 Å². The van der Waals surface area contributed by atoms with E-state index in [0.29, 0.717) is 5.92 Å². The van der Waals surface area contributed by atoms with Crippen molar-refractivity contribution in [3.63, 3.8) is 0 Å². The largest absolute Gasteiger partial charge is 0.343 e. The minimum Gasteiger partial charge on any atom is -0.343 e. The molecule has 1 aromatic heterocycles. The first-order valence-corrected chi connectivity index (χ1v) is 8.47. The molecule has 1 aliphatic heterocycles. The van der Waals surface area contributed by atoms with Crippen molar-refractivity contribution in [2.45, 2.75) is 32.2 Å². The molecule has 1 N–H and O–H groups in total. The molecule has 0 saturated carbocycles. The zero-order valence-electron chi connectivity index (χ0n) is 14.0. The van der Waals surface area contributed by atoms with Gasteiger partial charge >= 0.3 is 0 Å². The number of rotatable bonds is 5. The lowest BCUT2D eigenvalue weighted by atomic mass is 9.90. The smallest absolute Gasteiger partial charge is 0.0486 e. The van der Waals surface area contributed by atoms with Gasteiger partial charge < -0.3 is 9.88 Å².